The molecule has 1 unspecified atom stereocenters. The fourth-order valence-electron chi connectivity index (χ4n) is 1.58. The molecule has 8 heteroatoms. The highest BCUT2D eigenvalue weighted by Crippen LogP contribution is 2.53. The molecule has 1 heterocycles. The Labute approximate surface area is 122 Å². The highest BCUT2D eigenvalue weighted by Gasteiger charge is 2.42. The van der Waals surface area contributed by atoms with Crippen molar-refractivity contribution in [1.29, 1.82) is 0 Å². The van der Waals surface area contributed by atoms with E-state index in [-0.39, 0.29) is 13.2 Å². The first kappa shape index (κ1) is 17.0. The molecule has 1 atom stereocenters. The van der Waals surface area contributed by atoms with E-state index in [1.165, 1.54) is 18.3 Å². The zero-order valence-corrected chi connectivity index (χ0v) is 13.3. The van der Waals surface area contributed by atoms with Gasteiger partial charge in [0, 0.05) is 6.92 Å². The molecule has 6 nitrogen and oxygen atoms in total. The maximum Gasteiger partial charge on any atom is 0.360 e. The average molecular weight is 319 g/mol. The van der Waals surface area contributed by atoms with Gasteiger partial charge in [-0.25, -0.2) is 0 Å². The van der Waals surface area contributed by atoms with Crippen LogP contribution >= 0.6 is 18.9 Å². The SMILES string of the molecule is CCOP(=O)(OCC)C(NC(C)=O)C(=O)c1cccs1. The molecule has 0 aromatic carbocycles. The molecule has 0 fully saturated rings. The predicted molar refractivity (Wildman–Crippen MR) is 77.1 cm³/mol. The molecule has 20 heavy (non-hydrogen) atoms. The van der Waals surface area contributed by atoms with E-state index in [0.717, 1.165) is 0 Å². The van der Waals surface area contributed by atoms with Gasteiger partial charge in [0.2, 0.25) is 11.7 Å². The van der Waals surface area contributed by atoms with Crippen LogP contribution in [0.4, 0.5) is 0 Å². The Morgan fingerprint density at radius 1 is 1.35 bits per heavy atom. The van der Waals surface area contributed by atoms with Crippen molar-refractivity contribution in [2.75, 3.05) is 13.2 Å². The van der Waals surface area contributed by atoms with Crippen molar-refractivity contribution >= 4 is 30.6 Å². The molecular weight excluding hydrogens is 301 g/mol. The van der Waals surface area contributed by atoms with E-state index >= 15 is 0 Å². The maximum absolute atomic E-state index is 12.7. The molecule has 112 valence electrons. The largest absolute Gasteiger partial charge is 0.360 e. The van der Waals surface area contributed by atoms with Crippen LogP contribution in [0.15, 0.2) is 17.5 Å². The topological polar surface area (TPSA) is 81.7 Å². The van der Waals surface area contributed by atoms with E-state index in [1.54, 1.807) is 31.4 Å². The summed E-state index contributed by atoms with van der Waals surface area (Å²) in [5, 5.41) is 4.11. The number of carbonyl (C=O) groups excluding carboxylic acids is 2. The van der Waals surface area contributed by atoms with E-state index in [1.807, 2.05) is 0 Å². The summed E-state index contributed by atoms with van der Waals surface area (Å²) in [6, 6.07) is 3.30. The quantitative estimate of drug-likeness (QED) is 0.588. The van der Waals surface area contributed by atoms with Crippen LogP contribution in [0.3, 0.4) is 0 Å². The third-order valence-corrected chi connectivity index (χ3v) is 5.40. The number of carbonyl (C=O) groups is 2. The summed E-state index contributed by atoms with van der Waals surface area (Å²) in [5.41, 5.74) is 0. The lowest BCUT2D eigenvalue weighted by molar-refractivity contribution is -0.119. The van der Waals surface area contributed by atoms with Crippen molar-refractivity contribution in [3.05, 3.63) is 22.4 Å². The Kier molecular flexibility index (Phi) is 6.55. The minimum Gasteiger partial charge on any atom is -0.336 e. The van der Waals surface area contributed by atoms with Crippen LogP contribution in [0.5, 0.6) is 0 Å². The van der Waals surface area contributed by atoms with Crippen LogP contribution < -0.4 is 5.32 Å². The summed E-state index contributed by atoms with van der Waals surface area (Å²) in [6.07, 6.45) is 0. The second kappa shape index (κ2) is 7.69. The summed E-state index contributed by atoms with van der Waals surface area (Å²) in [4.78, 5) is 24.1. The Bertz CT molecular complexity index is 492. The molecule has 0 aliphatic heterocycles. The Balaban J connectivity index is 3.12. The van der Waals surface area contributed by atoms with Gasteiger partial charge in [-0.3, -0.25) is 14.2 Å². The number of hydrogen-bond donors (Lipinski definition) is 1. The first-order valence-corrected chi connectivity index (χ1v) is 8.67. The molecule has 1 aromatic rings. The Hall–Kier alpha value is -1.01. The molecule has 1 aromatic heterocycles. The van der Waals surface area contributed by atoms with Crippen LogP contribution in [-0.4, -0.2) is 30.7 Å². The standard InChI is InChI=1S/C12H18NO5PS/c1-4-17-19(16,18-5-2)12(13-9(3)14)11(15)10-7-6-8-20-10/h6-8,12H,4-5H2,1-3H3,(H,13,14). The van der Waals surface area contributed by atoms with E-state index in [0.29, 0.717) is 4.88 Å². The van der Waals surface area contributed by atoms with Gasteiger partial charge in [-0.05, 0) is 25.3 Å². The number of rotatable bonds is 8. The molecule has 1 N–H and O–H groups in total. The summed E-state index contributed by atoms with van der Waals surface area (Å²) >= 11 is 1.21. The van der Waals surface area contributed by atoms with E-state index in [4.69, 9.17) is 9.05 Å². The molecule has 0 saturated carbocycles. The predicted octanol–water partition coefficient (Wildman–Crippen LogP) is 2.66. The first-order valence-electron chi connectivity index (χ1n) is 6.18. The normalized spacial score (nSPS) is 12.9. The summed E-state index contributed by atoms with van der Waals surface area (Å²) in [6.45, 7) is 4.77. The molecule has 0 spiro atoms. The molecular formula is C12H18NO5PS. The molecule has 1 amide bonds. The third-order valence-electron chi connectivity index (χ3n) is 2.29. The van der Waals surface area contributed by atoms with Gasteiger partial charge < -0.3 is 14.4 Å². The number of thiophene rings is 1. The number of Topliss-reactive ketones (excluding diaryl/α,β-unsaturated/α-hetero) is 1. The summed E-state index contributed by atoms with van der Waals surface area (Å²) < 4.78 is 23.0. The van der Waals surface area contributed by atoms with Crippen molar-refractivity contribution in [1.82, 2.24) is 5.32 Å². The van der Waals surface area contributed by atoms with Crippen molar-refractivity contribution < 1.29 is 23.2 Å². The average Bonchev–Trinajstić information content (AvgIpc) is 2.89. The highest BCUT2D eigenvalue weighted by atomic mass is 32.1. The third kappa shape index (κ3) is 4.24. The van der Waals surface area contributed by atoms with Crippen molar-refractivity contribution in [3.8, 4) is 0 Å². The molecule has 0 aliphatic rings. The molecule has 0 saturated heterocycles. The van der Waals surface area contributed by atoms with Crippen molar-refractivity contribution in [3.63, 3.8) is 0 Å². The van der Waals surface area contributed by atoms with Gasteiger partial charge in [-0.15, -0.1) is 11.3 Å². The van der Waals surface area contributed by atoms with Crippen LogP contribution in [0.1, 0.15) is 30.4 Å². The number of ketones is 1. The molecule has 1 rings (SSSR count). The van der Waals surface area contributed by atoms with Crippen LogP contribution in [-0.2, 0) is 18.4 Å². The van der Waals surface area contributed by atoms with Gasteiger partial charge in [0.05, 0.1) is 18.1 Å². The van der Waals surface area contributed by atoms with Crippen LogP contribution in [0.25, 0.3) is 0 Å². The van der Waals surface area contributed by atoms with Gasteiger partial charge >= 0.3 is 7.60 Å². The van der Waals surface area contributed by atoms with Crippen LogP contribution in [0, 0.1) is 0 Å². The van der Waals surface area contributed by atoms with Gasteiger partial charge in [0.15, 0.2) is 5.78 Å². The second-order valence-corrected chi connectivity index (χ2v) is 6.88. The minimum absolute atomic E-state index is 0.116. The van der Waals surface area contributed by atoms with E-state index in [9.17, 15) is 14.2 Å². The second-order valence-electron chi connectivity index (χ2n) is 3.82. The lowest BCUT2D eigenvalue weighted by atomic mass is 10.3. The van der Waals surface area contributed by atoms with Crippen molar-refractivity contribution in [2.45, 2.75) is 26.6 Å². The fourth-order valence-corrected chi connectivity index (χ4v) is 4.22. The monoisotopic (exact) mass is 319 g/mol. The lowest BCUT2D eigenvalue weighted by Gasteiger charge is -2.25. The summed E-state index contributed by atoms with van der Waals surface area (Å²) in [5.74, 6) is -2.27. The summed E-state index contributed by atoms with van der Waals surface area (Å²) in [7, 11) is -3.76. The Morgan fingerprint density at radius 2 is 1.95 bits per heavy atom. The van der Waals surface area contributed by atoms with E-state index < -0.39 is 25.1 Å². The van der Waals surface area contributed by atoms with Gasteiger partial charge in [0.25, 0.3) is 0 Å². The van der Waals surface area contributed by atoms with Gasteiger partial charge in [-0.1, -0.05) is 6.07 Å². The zero-order chi connectivity index (χ0) is 15.2. The lowest BCUT2D eigenvalue weighted by Crippen LogP contribution is -2.40. The zero-order valence-electron chi connectivity index (χ0n) is 11.6. The molecule has 0 radical (unpaired) electrons. The van der Waals surface area contributed by atoms with Gasteiger partial charge in [-0.2, -0.15) is 0 Å². The highest BCUT2D eigenvalue weighted by molar-refractivity contribution is 7.56. The fraction of sp³-hybridized carbons (Fsp3) is 0.500. The number of amides is 1. The first-order chi connectivity index (χ1) is 9.44. The Morgan fingerprint density at radius 3 is 2.35 bits per heavy atom. The van der Waals surface area contributed by atoms with Gasteiger partial charge in [0.1, 0.15) is 0 Å². The van der Waals surface area contributed by atoms with Crippen molar-refractivity contribution in [2.24, 2.45) is 0 Å². The van der Waals surface area contributed by atoms with E-state index in [2.05, 4.69) is 5.32 Å². The molecule has 0 aliphatic carbocycles. The van der Waals surface area contributed by atoms with Crippen LogP contribution in [0.2, 0.25) is 0 Å². The number of hydrogen-bond acceptors (Lipinski definition) is 6. The maximum atomic E-state index is 12.7. The smallest absolute Gasteiger partial charge is 0.336 e. The number of nitrogens with one attached hydrogen (secondary N) is 1. The molecule has 0 bridgehead atoms. The minimum atomic E-state index is -3.76.